The SMILES string of the molecule is Cc1ccccc1CN(C)C(=O)CN1C(=O)NC(C)(c2ccc(Cl)cc2Cl)C1=O. The number of hydrogen-bond acceptors (Lipinski definition) is 3. The molecule has 8 heteroatoms. The summed E-state index contributed by atoms with van der Waals surface area (Å²) in [6.07, 6.45) is 0. The molecule has 3 rings (SSSR count). The molecule has 6 nitrogen and oxygen atoms in total. The minimum Gasteiger partial charge on any atom is -0.340 e. The topological polar surface area (TPSA) is 69.7 Å². The minimum atomic E-state index is -1.37. The van der Waals surface area contributed by atoms with Gasteiger partial charge in [-0.05, 0) is 37.1 Å². The average Bonchev–Trinajstić information content (AvgIpc) is 2.87. The quantitative estimate of drug-likeness (QED) is 0.730. The Bertz CT molecular complexity index is 995. The van der Waals surface area contributed by atoms with Gasteiger partial charge in [0, 0.05) is 29.2 Å². The molecule has 29 heavy (non-hydrogen) atoms. The summed E-state index contributed by atoms with van der Waals surface area (Å²) in [7, 11) is 1.64. The molecular weight excluding hydrogens is 413 g/mol. The summed E-state index contributed by atoms with van der Waals surface area (Å²) < 4.78 is 0. The predicted molar refractivity (Wildman–Crippen MR) is 112 cm³/mol. The highest BCUT2D eigenvalue weighted by Crippen LogP contribution is 2.34. The number of amides is 4. The first-order valence-corrected chi connectivity index (χ1v) is 9.77. The molecule has 1 aliphatic heterocycles. The number of nitrogens with zero attached hydrogens (tertiary/aromatic N) is 2. The molecule has 0 aliphatic carbocycles. The molecule has 1 saturated heterocycles. The zero-order chi connectivity index (χ0) is 21.3. The van der Waals surface area contributed by atoms with E-state index in [4.69, 9.17) is 23.2 Å². The van der Waals surface area contributed by atoms with E-state index in [-0.39, 0.29) is 17.5 Å². The standard InChI is InChI=1S/C21H21Cl2N3O3/c1-13-6-4-5-7-14(13)11-25(3)18(27)12-26-19(28)21(2,24-20(26)29)16-9-8-15(22)10-17(16)23/h4-10H,11-12H2,1-3H3,(H,24,29). The summed E-state index contributed by atoms with van der Waals surface area (Å²) in [5, 5.41) is 3.33. The second-order valence-electron chi connectivity index (χ2n) is 7.25. The fraction of sp³-hybridized carbons (Fsp3) is 0.286. The van der Waals surface area contributed by atoms with Gasteiger partial charge >= 0.3 is 6.03 Å². The molecule has 2 aromatic carbocycles. The first kappa shape index (κ1) is 21.1. The molecule has 1 fully saturated rings. The summed E-state index contributed by atoms with van der Waals surface area (Å²) in [5.41, 5.74) is 1.11. The van der Waals surface area contributed by atoms with Crippen LogP contribution in [0, 0.1) is 6.92 Å². The van der Waals surface area contributed by atoms with Crippen LogP contribution in [0.15, 0.2) is 42.5 Å². The molecule has 1 atom stereocenters. The van der Waals surface area contributed by atoms with Crippen molar-refractivity contribution < 1.29 is 14.4 Å². The predicted octanol–water partition coefficient (Wildman–Crippen LogP) is 3.73. The van der Waals surface area contributed by atoms with Gasteiger partial charge in [-0.2, -0.15) is 0 Å². The Hall–Kier alpha value is -2.57. The van der Waals surface area contributed by atoms with Crippen LogP contribution in [0.1, 0.15) is 23.6 Å². The van der Waals surface area contributed by atoms with Crippen molar-refractivity contribution in [1.29, 1.82) is 0 Å². The van der Waals surface area contributed by atoms with Crippen molar-refractivity contribution in [3.63, 3.8) is 0 Å². The van der Waals surface area contributed by atoms with E-state index in [1.54, 1.807) is 26.1 Å². The second kappa shape index (κ2) is 8.05. The Morgan fingerprint density at radius 3 is 2.52 bits per heavy atom. The molecule has 0 saturated carbocycles. The first-order chi connectivity index (χ1) is 13.6. The summed E-state index contributed by atoms with van der Waals surface area (Å²) in [4.78, 5) is 40.6. The fourth-order valence-corrected chi connectivity index (χ4v) is 3.90. The van der Waals surface area contributed by atoms with E-state index in [1.807, 2.05) is 31.2 Å². The molecule has 0 aromatic heterocycles. The van der Waals surface area contributed by atoms with Crippen LogP contribution in [-0.4, -0.2) is 41.2 Å². The maximum Gasteiger partial charge on any atom is 0.325 e. The lowest BCUT2D eigenvalue weighted by molar-refractivity contribution is -0.138. The number of urea groups is 1. The number of carbonyl (C=O) groups is 3. The third-order valence-electron chi connectivity index (χ3n) is 5.13. The molecule has 1 unspecified atom stereocenters. The number of hydrogen-bond donors (Lipinski definition) is 1. The lowest BCUT2D eigenvalue weighted by Crippen LogP contribution is -2.43. The maximum atomic E-state index is 13.0. The molecule has 4 amide bonds. The molecule has 1 heterocycles. The van der Waals surface area contributed by atoms with E-state index in [1.165, 1.54) is 11.0 Å². The van der Waals surface area contributed by atoms with E-state index < -0.39 is 17.5 Å². The highest BCUT2D eigenvalue weighted by atomic mass is 35.5. The van der Waals surface area contributed by atoms with Crippen molar-refractivity contribution in [2.45, 2.75) is 25.9 Å². The highest BCUT2D eigenvalue weighted by Gasteiger charge is 2.50. The van der Waals surface area contributed by atoms with Crippen molar-refractivity contribution in [1.82, 2.24) is 15.1 Å². The normalized spacial score (nSPS) is 18.7. The largest absolute Gasteiger partial charge is 0.340 e. The zero-order valence-electron chi connectivity index (χ0n) is 16.3. The van der Waals surface area contributed by atoms with Crippen molar-refractivity contribution >= 4 is 41.0 Å². The van der Waals surface area contributed by atoms with Crippen LogP contribution in [-0.2, 0) is 21.7 Å². The van der Waals surface area contributed by atoms with E-state index >= 15 is 0 Å². The Morgan fingerprint density at radius 1 is 1.17 bits per heavy atom. The van der Waals surface area contributed by atoms with E-state index in [0.717, 1.165) is 16.0 Å². The van der Waals surface area contributed by atoms with Crippen molar-refractivity contribution in [3.05, 3.63) is 69.2 Å². The number of nitrogens with one attached hydrogen (secondary N) is 1. The number of halogens is 2. The van der Waals surface area contributed by atoms with Gasteiger partial charge in [0.15, 0.2) is 0 Å². The van der Waals surface area contributed by atoms with Gasteiger partial charge in [-0.1, -0.05) is 53.5 Å². The monoisotopic (exact) mass is 433 g/mol. The van der Waals surface area contributed by atoms with Gasteiger partial charge in [-0.3, -0.25) is 14.5 Å². The number of likely N-dealkylation sites (N-methyl/N-ethyl adjacent to an activating group) is 1. The molecule has 0 radical (unpaired) electrons. The van der Waals surface area contributed by atoms with Gasteiger partial charge in [0.05, 0.1) is 0 Å². The van der Waals surface area contributed by atoms with Crippen LogP contribution >= 0.6 is 23.2 Å². The zero-order valence-corrected chi connectivity index (χ0v) is 17.8. The summed E-state index contributed by atoms with van der Waals surface area (Å²) in [6.45, 7) is 3.56. The average molecular weight is 434 g/mol. The molecule has 0 bridgehead atoms. The molecule has 1 N–H and O–H groups in total. The Morgan fingerprint density at radius 2 is 1.86 bits per heavy atom. The van der Waals surface area contributed by atoms with Crippen LogP contribution in [0.2, 0.25) is 10.0 Å². The second-order valence-corrected chi connectivity index (χ2v) is 8.09. The molecular formula is C21H21Cl2N3O3. The summed E-state index contributed by atoms with van der Waals surface area (Å²) >= 11 is 12.2. The van der Waals surface area contributed by atoms with Crippen LogP contribution in [0.3, 0.4) is 0 Å². The van der Waals surface area contributed by atoms with Crippen molar-refractivity contribution in [2.75, 3.05) is 13.6 Å². The number of imide groups is 1. The third-order valence-corrected chi connectivity index (χ3v) is 5.68. The Labute approximate surface area is 179 Å². The number of carbonyl (C=O) groups excluding carboxylic acids is 3. The Kier molecular flexibility index (Phi) is 5.87. The van der Waals surface area contributed by atoms with Gasteiger partial charge < -0.3 is 10.2 Å². The third kappa shape index (κ3) is 4.09. The van der Waals surface area contributed by atoms with E-state index in [0.29, 0.717) is 17.1 Å². The number of benzene rings is 2. The minimum absolute atomic E-state index is 0.262. The van der Waals surface area contributed by atoms with Gasteiger partial charge in [-0.25, -0.2) is 4.79 Å². The molecule has 1 aliphatic rings. The van der Waals surface area contributed by atoms with Crippen molar-refractivity contribution in [3.8, 4) is 0 Å². The van der Waals surface area contributed by atoms with Crippen LogP contribution in [0.25, 0.3) is 0 Å². The van der Waals surface area contributed by atoms with Crippen LogP contribution in [0.5, 0.6) is 0 Å². The van der Waals surface area contributed by atoms with Gasteiger partial charge in [0.1, 0.15) is 12.1 Å². The number of rotatable bonds is 5. The van der Waals surface area contributed by atoms with Crippen LogP contribution in [0.4, 0.5) is 4.79 Å². The van der Waals surface area contributed by atoms with E-state index in [9.17, 15) is 14.4 Å². The van der Waals surface area contributed by atoms with E-state index in [2.05, 4.69) is 5.32 Å². The molecule has 152 valence electrons. The number of aryl methyl sites for hydroxylation is 1. The lowest BCUT2D eigenvalue weighted by Gasteiger charge is -2.24. The first-order valence-electron chi connectivity index (χ1n) is 9.01. The Balaban J connectivity index is 1.76. The molecule has 2 aromatic rings. The summed E-state index contributed by atoms with van der Waals surface area (Å²) in [5.74, 6) is -0.882. The molecule has 0 spiro atoms. The van der Waals surface area contributed by atoms with Crippen molar-refractivity contribution in [2.24, 2.45) is 0 Å². The lowest BCUT2D eigenvalue weighted by atomic mass is 9.92. The fourth-order valence-electron chi connectivity index (χ4n) is 3.31. The summed E-state index contributed by atoms with van der Waals surface area (Å²) in [6, 6.07) is 11.8. The van der Waals surface area contributed by atoms with Gasteiger partial charge in [-0.15, -0.1) is 0 Å². The smallest absolute Gasteiger partial charge is 0.325 e. The highest BCUT2D eigenvalue weighted by molar-refractivity contribution is 6.35. The maximum absolute atomic E-state index is 13.0. The van der Waals surface area contributed by atoms with Gasteiger partial charge in [0.25, 0.3) is 5.91 Å². The van der Waals surface area contributed by atoms with Crippen LogP contribution < -0.4 is 5.32 Å². The van der Waals surface area contributed by atoms with Gasteiger partial charge in [0.2, 0.25) is 5.91 Å².